The van der Waals surface area contributed by atoms with Crippen molar-refractivity contribution in [2.24, 2.45) is 17.1 Å². The Kier molecular flexibility index (Phi) is 2.61. The monoisotopic (exact) mass is 196 g/mol. The van der Waals surface area contributed by atoms with Gasteiger partial charge in [-0.05, 0) is 30.6 Å². The van der Waals surface area contributed by atoms with Gasteiger partial charge in [0, 0.05) is 25.2 Å². The van der Waals surface area contributed by atoms with Crippen LogP contribution in [0.2, 0.25) is 0 Å². The molecule has 0 amide bonds. The first kappa shape index (κ1) is 10.4. The van der Waals surface area contributed by atoms with Gasteiger partial charge in [-0.3, -0.25) is 4.90 Å². The molecule has 0 aromatic heterocycles. The normalized spacial score (nSPS) is 35.1. The van der Waals surface area contributed by atoms with Crippen molar-refractivity contribution in [2.45, 2.75) is 52.1 Å². The molecule has 2 aliphatic rings. The van der Waals surface area contributed by atoms with Crippen LogP contribution >= 0.6 is 0 Å². The maximum atomic E-state index is 6.22. The summed E-state index contributed by atoms with van der Waals surface area (Å²) in [5.41, 5.74) is 6.47. The zero-order chi connectivity index (χ0) is 10.3. The van der Waals surface area contributed by atoms with Gasteiger partial charge >= 0.3 is 0 Å². The van der Waals surface area contributed by atoms with Crippen molar-refractivity contribution in [1.29, 1.82) is 0 Å². The molecule has 3 atom stereocenters. The van der Waals surface area contributed by atoms with Crippen LogP contribution in [0.15, 0.2) is 0 Å². The summed E-state index contributed by atoms with van der Waals surface area (Å²) in [6, 6.07) is 1.19. The van der Waals surface area contributed by atoms with Gasteiger partial charge < -0.3 is 5.73 Å². The molecule has 2 N–H and O–H groups in total. The van der Waals surface area contributed by atoms with Crippen molar-refractivity contribution in [3.05, 3.63) is 0 Å². The maximum absolute atomic E-state index is 6.22. The van der Waals surface area contributed by atoms with Crippen molar-refractivity contribution in [3.63, 3.8) is 0 Å². The molecule has 2 fully saturated rings. The highest BCUT2D eigenvalue weighted by atomic mass is 15.2. The third-order valence-electron chi connectivity index (χ3n) is 4.07. The van der Waals surface area contributed by atoms with Gasteiger partial charge in [0.25, 0.3) is 0 Å². The van der Waals surface area contributed by atoms with Gasteiger partial charge in [0.1, 0.15) is 0 Å². The van der Waals surface area contributed by atoms with Gasteiger partial charge in [-0.2, -0.15) is 0 Å². The van der Waals surface area contributed by atoms with Gasteiger partial charge in [0.15, 0.2) is 0 Å². The minimum atomic E-state index is 0.252. The van der Waals surface area contributed by atoms with Gasteiger partial charge in [0.2, 0.25) is 0 Å². The van der Waals surface area contributed by atoms with Crippen molar-refractivity contribution in [3.8, 4) is 0 Å². The molecule has 2 rings (SSSR count). The van der Waals surface area contributed by atoms with Crippen LogP contribution in [0.3, 0.4) is 0 Å². The minimum Gasteiger partial charge on any atom is -0.326 e. The number of hydrogen-bond acceptors (Lipinski definition) is 2. The molecule has 14 heavy (non-hydrogen) atoms. The Hall–Kier alpha value is -0.0800. The second kappa shape index (κ2) is 3.49. The molecule has 2 nitrogen and oxygen atoms in total. The number of nitrogens with two attached hydrogens (primary N) is 1. The minimum absolute atomic E-state index is 0.252. The van der Waals surface area contributed by atoms with Gasteiger partial charge in [-0.1, -0.05) is 20.8 Å². The maximum Gasteiger partial charge on any atom is 0.0217 e. The Morgan fingerprint density at radius 3 is 2.50 bits per heavy atom. The molecule has 82 valence electrons. The van der Waals surface area contributed by atoms with Crippen molar-refractivity contribution >= 4 is 0 Å². The summed E-state index contributed by atoms with van der Waals surface area (Å²) in [5, 5.41) is 0. The van der Waals surface area contributed by atoms with Crippen LogP contribution in [0, 0.1) is 11.3 Å². The van der Waals surface area contributed by atoms with Crippen LogP contribution in [0.4, 0.5) is 0 Å². The summed E-state index contributed by atoms with van der Waals surface area (Å²) in [5.74, 6) is 0.993. The van der Waals surface area contributed by atoms with Gasteiger partial charge in [0.05, 0.1) is 0 Å². The molecular weight excluding hydrogens is 172 g/mol. The van der Waals surface area contributed by atoms with Gasteiger partial charge in [-0.25, -0.2) is 0 Å². The zero-order valence-corrected chi connectivity index (χ0v) is 9.79. The predicted octanol–water partition coefficient (Wildman–Crippen LogP) is 1.84. The molecule has 1 saturated carbocycles. The van der Waals surface area contributed by atoms with Crippen LogP contribution < -0.4 is 5.73 Å². The number of rotatable bonds is 2. The first-order chi connectivity index (χ1) is 6.47. The smallest absolute Gasteiger partial charge is 0.0217 e. The third-order valence-corrected chi connectivity index (χ3v) is 4.07. The molecule has 0 aromatic rings. The SMILES string of the molecule is CC(C)(C)C(N)CN1CC2CCC1C2. The lowest BCUT2D eigenvalue weighted by molar-refractivity contribution is 0.163. The fourth-order valence-electron chi connectivity index (χ4n) is 2.78. The highest BCUT2D eigenvalue weighted by Gasteiger charge is 2.39. The molecule has 3 unspecified atom stereocenters. The highest BCUT2D eigenvalue weighted by molar-refractivity contribution is 4.94. The predicted molar refractivity (Wildman–Crippen MR) is 60.1 cm³/mol. The van der Waals surface area contributed by atoms with Crippen LogP contribution in [-0.2, 0) is 0 Å². The van der Waals surface area contributed by atoms with E-state index in [2.05, 4.69) is 25.7 Å². The lowest BCUT2D eigenvalue weighted by Crippen LogP contribution is -2.47. The average molecular weight is 196 g/mol. The van der Waals surface area contributed by atoms with E-state index in [1.165, 1.54) is 25.8 Å². The summed E-state index contributed by atoms with van der Waals surface area (Å²) in [4.78, 5) is 2.63. The lowest BCUT2D eigenvalue weighted by atomic mass is 9.87. The van der Waals surface area contributed by atoms with E-state index < -0.39 is 0 Å². The van der Waals surface area contributed by atoms with E-state index in [-0.39, 0.29) is 5.41 Å². The Bertz CT molecular complexity index is 207. The molecule has 1 aliphatic carbocycles. The average Bonchev–Trinajstić information content (AvgIpc) is 2.62. The van der Waals surface area contributed by atoms with E-state index in [1.807, 2.05) is 0 Å². The van der Waals surface area contributed by atoms with E-state index in [0.29, 0.717) is 6.04 Å². The number of nitrogens with zero attached hydrogens (tertiary/aromatic N) is 1. The second-order valence-corrected chi connectivity index (χ2v) is 6.26. The standard InChI is InChI=1S/C12H24N2/c1-12(2,3)11(13)8-14-7-9-4-5-10(14)6-9/h9-11H,4-8,13H2,1-3H3. The van der Waals surface area contributed by atoms with E-state index in [4.69, 9.17) is 5.73 Å². The molecule has 0 aromatic carbocycles. The third kappa shape index (κ3) is 1.96. The molecule has 1 heterocycles. The topological polar surface area (TPSA) is 29.3 Å². The fraction of sp³-hybridized carbons (Fsp3) is 1.00. The molecule has 1 saturated heterocycles. The van der Waals surface area contributed by atoms with E-state index in [0.717, 1.165) is 18.5 Å². The Labute approximate surface area is 87.8 Å². The highest BCUT2D eigenvalue weighted by Crippen LogP contribution is 2.37. The number of fused-ring (bicyclic) bond motifs is 2. The zero-order valence-electron chi connectivity index (χ0n) is 9.79. The molecule has 2 bridgehead atoms. The van der Waals surface area contributed by atoms with E-state index in [9.17, 15) is 0 Å². The van der Waals surface area contributed by atoms with Crippen LogP contribution in [0.1, 0.15) is 40.0 Å². The number of hydrogen-bond donors (Lipinski definition) is 1. The fourth-order valence-corrected chi connectivity index (χ4v) is 2.78. The van der Waals surface area contributed by atoms with E-state index >= 15 is 0 Å². The molecular formula is C12H24N2. The van der Waals surface area contributed by atoms with Crippen molar-refractivity contribution in [1.82, 2.24) is 4.90 Å². The molecule has 1 aliphatic heterocycles. The lowest BCUT2D eigenvalue weighted by Gasteiger charge is -2.34. The van der Waals surface area contributed by atoms with Gasteiger partial charge in [-0.15, -0.1) is 0 Å². The number of likely N-dealkylation sites (tertiary alicyclic amines) is 1. The second-order valence-electron chi connectivity index (χ2n) is 6.26. The Balaban J connectivity index is 1.87. The summed E-state index contributed by atoms with van der Waals surface area (Å²) in [6.07, 6.45) is 4.32. The van der Waals surface area contributed by atoms with Crippen molar-refractivity contribution in [2.75, 3.05) is 13.1 Å². The molecule has 0 radical (unpaired) electrons. The number of piperidine rings is 1. The molecule has 0 spiro atoms. The van der Waals surface area contributed by atoms with E-state index in [1.54, 1.807) is 0 Å². The van der Waals surface area contributed by atoms with Crippen LogP contribution in [0.5, 0.6) is 0 Å². The largest absolute Gasteiger partial charge is 0.326 e. The quantitative estimate of drug-likeness (QED) is 0.730. The Morgan fingerprint density at radius 1 is 1.36 bits per heavy atom. The first-order valence-corrected chi connectivity index (χ1v) is 5.96. The first-order valence-electron chi connectivity index (χ1n) is 5.96. The Morgan fingerprint density at radius 2 is 2.07 bits per heavy atom. The van der Waals surface area contributed by atoms with Crippen LogP contribution in [0.25, 0.3) is 0 Å². The molecule has 2 heteroatoms. The van der Waals surface area contributed by atoms with Crippen LogP contribution in [-0.4, -0.2) is 30.1 Å². The summed E-state index contributed by atoms with van der Waals surface area (Å²) < 4.78 is 0. The summed E-state index contributed by atoms with van der Waals surface area (Å²) in [7, 11) is 0. The summed E-state index contributed by atoms with van der Waals surface area (Å²) >= 11 is 0. The van der Waals surface area contributed by atoms with Crippen molar-refractivity contribution < 1.29 is 0 Å². The summed E-state index contributed by atoms with van der Waals surface area (Å²) in [6.45, 7) is 9.14.